The Morgan fingerprint density at radius 2 is 2.27 bits per heavy atom. The van der Waals surface area contributed by atoms with E-state index in [2.05, 4.69) is 24.1 Å². The second-order valence-corrected chi connectivity index (χ2v) is 4.28. The van der Waals surface area contributed by atoms with E-state index in [9.17, 15) is 4.79 Å². The van der Waals surface area contributed by atoms with Gasteiger partial charge in [0.05, 0.1) is 5.02 Å². The molecule has 4 heteroatoms. The third-order valence-electron chi connectivity index (χ3n) is 1.94. The highest BCUT2D eigenvalue weighted by molar-refractivity contribution is 6.30. The molecular weight excluding hydrogens is 212 g/mol. The maximum atomic E-state index is 11.4. The van der Waals surface area contributed by atoms with Crippen LogP contribution in [0.1, 0.15) is 26.7 Å². The molecule has 1 aromatic heterocycles. The summed E-state index contributed by atoms with van der Waals surface area (Å²) in [6.45, 7) is 4.18. The summed E-state index contributed by atoms with van der Waals surface area (Å²) in [5, 5.41) is 3.28. The molecular formula is C11H15ClN2O. The molecule has 1 aromatic rings. The van der Waals surface area contributed by atoms with Crippen molar-refractivity contribution in [3.63, 3.8) is 0 Å². The van der Waals surface area contributed by atoms with Crippen LogP contribution in [-0.4, -0.2) is 10.9 Å². The van der Waals surface area contributed by atoms with E-state index in [1.54, 1.807) is 12.1 Å². The summed E-state index contributed by atoms with van der Waals surface area (Å²) in [5.74, 6) is 1.08. The van der Waals surface area contributed by atoms with Gasteiger partial charge in [-0.3, -0.25) is 4.79 Å². The smallest absolute Gasteiger partial charge is 0.225 e. The Morgan fingerprint density at radius 3 is 2.80 bits per heavy atom. The lowest BCUT2D eigenvalue weighted by Gasteiger charge is -2.05. The van der Waals surface area contributed by atoms with Crippen LogP contribution in [0.15, 0.2) is 18.3 Å². The molecule has 0 aliphatic heterocycles. The molecule has 3 nitrogen and oxygen atoms in total. The molecule has 0 saturated heterocycles. The minimum atomic E-state index is -0.00137. The second kappa shape index (κ2) is 5.71. The van der Waals surface area contributed by atoms with Crippen molar-refractivity contribution in [3.8, 4) is 0 Å². The summed E-state index contributed by atoms with van der Waals surface area (Å²) in [5.41, 5.74) is 0. The predicted octanol–water partition coefficient (Wildman–Crippen LogP) is 3.11. The zero-order valence-corrected chi connectivity index (χ0v) is 9.71. The van der Waals surface area contributed by atoms with Gasteiger partial charge < -0.3 is 5.32 Å². The molecule has 1 heterocycles. The number of anilines is 1. The van der Waals surface area contributed by atoms with Crippen molar-refractivity contribution in [3.05, 3.63) is 23.4 Å². The molecule has 0 atom stereocenters. The number of halogens is 1. The van der Waals surface area contributed by atoms with Gasteiger partial charge in [0.2, 0.25) is 5.91 Å². The van der Waals surface area contributed by atoms with Crippen molar-refractivity contribution >= 4 is 23.3 Å². The second-order valence-electron chi connectivity index (χ2n) is 3.84. The number of pyridine rings is 1. The Kier molecular flexibility index (Phi) is 4.56. The molecule has 82 valence electrons. The topological polar surface area (TPSA) is 42.0 Å². The van der Waals surface area contributed by atoms with E-state index in [1.807, 2.05) is 0 Å². The van der Waals surface area contributed by atoms with Crippen molar-refractivity contribution in [2.75, 3.05) is 5.32 Å². The number of nitrogens with zero attached hydrogens (tertiary/aromatic N) is 1. The van der Waals surface area contributed by atoms with Crippen LogP contribution in [0.25, 0.3) is 0 Å². The number of nitrogens with one attached hydrogen (secondary N) is 1. The Morgan fingerprint density at radius 1 is 1.53 bits per heavy atom. The number of rotatable bonds is 4. The number of aromatic nitrogens is 1. The van der Waals surface area contributed by atoms with Crippen LogP contribution >= 0.6 is 11.6 Å². The molecule has 0 aliphatic rings. The number of hydrogen-bond acceptors (Lipinski definition) is 2. The number of carbonyl (C=O) groups is 1. The lowest BCUT2D eigenvalue weighted by molar-refractivity contribution is -0.116. The highest BCUT2D eigenvalue weighted by Crippen LogP contribution is 2.10. The first-order chi connectivity index (χ1) is 7.08. The fourth-order valence-electron chi connectivity index (χ4n) is 1.07. The molecule has 0 unspecified atom stereocenters. The van der Waals surface area contributed by atoms with Crippen LogP contribution in [0, 0.1) is 5.92 Å². The van der Waals surface area contributed by atoms with E-state index in [0.717, 1.165) is 6.42 Å². The number of carbonyl (C=O) groups excluding carboxylic acids is 1. The van der Waals surface area contributed by atoms with Gasteiger partial charge in [-0.1, -0.05) is 25.4 Å². The maximum Gasteiger partial charge on any atom is 0.225 e. The van der Waals surface area contributed by atoms with Crippen LogP contribution in [0.5, 0.6) is 0 Å². The molecule has 1 rings (SSSR count). The average Bonchev–Trinajstić information content (AvgIpc) is 2.19. The van der Waals surface area contributed by atoms with Gasteiger partial charge in [0, 0.05) is 12.6 Å². The Balaban J connectivity index is 2.41. The average molecular weight is 227 g/mol. The van der Waals surface area contributed by atoms with Crippen molar-refractivity contribution < 1.29 is 4.79 Å². The molecule has 0 spiro atoms. The highest BCUT2D eigenvalue weighted by Gasteiger charge is 2.04. The monoisotopic (exact) mass is 226 g/mol. The Labute approximate surface area is 94.9 Å². The lowest BCUT2D eigenvalue weighted by Crippen LogP contribution is -2.12. The van der Waals surface area contributed by atoms with Crippen LogP contribution < -0.4 is 5.32 Å². The van der Waals surface area contributed by atoms with Crippen LogP contribution in [-0.2, 0) is 4.79 Å². The minimum Gasteiger partial charge on any atom is -0.311 e. The fourth-order valence-corrected chi connectivity index (χ4v) is 1.19. The summed E-state index contributed by atoms with van der Waals surface area (Å²) in [7, 11) is 0. The summed E-state index contributed by atoms with van der Waals surface area (Å²) in [4.78, 5) is 15.4. The van der Waals surface area contributed by atoms with E-state index in [1.165, 1.54) is 6.20 Å². The SMILES string of the molecule is CC(C)CCC(=O)Nc1ccc(Cl)cn1. The summed E-state index contributed by atoms with van der Waals surface area (Å²) in [6.07, 6.45) is 2.93. The zero-order chi connectivity index (χ0) is 11.3. The quantitative estimate of drug-likeness (QED) is 0.857. The fraction of sp³-hybridized carbons (Fsp3) is 0.455. The minimum absolute atomic E-state index is 0.00137. The van der Waals surface area contributed by atoms with Gasteiger partial charge >= 0.3 is 0 Å². The van der Waals surface area contributed by atoms with E-state index in [0.29, 0.717) is 23.2 Å². The van der Waals surface area contributed by atoms with E-state index in [-0.39, 0.29) is 5.91 Å². The molecule has 0 fully saturated rings. The largest absolute Gasteiger partial charge is 0.311 e. The Bertz CT molecular complexity index is 322. The van der Waals surface area contributed by atoms with Gasteiger partial charge in [-0.25, -0.2) is 4.98 Å². The van der Waals surface area contributed by atoms with Crippen LogP contribution in [0.3, 0.4) is 0 Å². The van der Waals surface area contributed by atoms with Gasteiger partial charge in [-0.05, 0) is 24.5 Å². The molecule has 0 saturated carbocycles. The van der Waals surface area contributed by atoms with Gasteiger partial charge in [-0.2, -0.15) is 0 Å². The van der Waals surface area contributed by atoms with E-state index >= 15 is 0 Å². The number of hydrogen-bond donors (Lipinski definition) is 1. The lowest BCUT2D eigenvalue weighted by atomic mass is 10.1. The van der Waals surface area contributed by atoms with E-state index in [4.69, 9.17) is 11.6 Å². The van der Waals surface area contributed by atoms with Crippen LogP contribution in [0.2, 0.25) is 5.02 Å². The van der Waals surface area contributed by atoms with Gasteiger partial charge in [-0.15, -0.1) is 0 Å². The normalized spacial score (nSPS) is 10.4. The molecule has 1 N–H and O–H groups in total. The summed E-state index contributed by atoms with van der Waals surface area (Å²) >= 11 is 5.68. The molecule has 0 bridgehead atoms. The Hall–Kier alpha value is -1.09. The molecule has 0 aromatic carbocycles. The first kappa shape index (κ1) is 12.0. The molecule has 15 heavy (non-hydrogen) atoms. The van der Waals surface area contributed by atoms with Gasteiger partial charge in [0.25, 0.3) is 0 Å². The molecule has 1 amide bonds. The highest BCUT2D eigenvalue weighted by atomic mass is 35.5. The van der Waals surface area contributed by atoms with Crippen molar-refractivity contribution in [2.45, 2.75) is 26.7 Å². The van der Waals surface area contributed by atoms with Gasteiger partial charge in [0.15, 0.2) is 0 Å². The van der Waals surface area contributed by atoms with Crippen LogP contribution in [0.4, 0.5) is 5.82 Å². The number of amides is 1. The van der Waals surface area contributed by atoms with Gasteiger partial charge in [0.1, 0.15) is 5.82 Å². The summed E-state index contributed by atoms with van der Waals surface area (Å²) in [6, 6.07) is 3.39. The van der Waals surface area contributed by atoms with E-state index < -0.39 is 0 Å². The molecule has 0 radical (unpaired) electrons. The van der Waals surface area contributed by atoms with Crippen molar-refractivity contribution in [1.82, 2.24) is 4.98 Å². The standard InChI is InChI=1S/C11H15ClN2O/c1-8(2)3-6-11(15)14-10-5-4-9(12)7-13-10/h4-5,7-8H,3,6H2,1-2H3,(H,13,14,15). The van der Waals surface area contributed by atoms with Crippen molar-refractivity contribution in [2.24, 2.45) is 5.92 Å². The first-order valence-electron chi connectivity index (χ1n) is 4.99. The maximum absolute atomic E-state index is 11.4. The molecule has 0 aliphatic carbocycles. The predicted molar refractivity (Wildman–Crippen MR) is 61.9 cm³/mol. The first-order valence-corrected chi connectivity index (χ1v) is 5.37. The zero-order valence-electron chi connectivity index (χ0n) is 8.96. The van der Waals surface area contributed by atoms with Crippen molar-refractivity contribution in [1.29, 1.82) is 0 Å². The summed E-state index contributed by atoms with van der Waals surface area (Å²) < 4.78 is 0. The third-order valence-corrected chi connectivity index (χ3v) is 2.17. The third kappa shape index (κ3) is 4.79.